The second-order valence-corrected chi connectivity index (χ2v) is 3.09. The highest BCUT2D eigenvalue weighted by atomic mass is 35.5. The van der Waals surface area contributed by atoms with Crippen molar-refractivity contribution in [2.24, 2.45) is 0 Å². The molecular formula is C7H9ClN2O2. The Morgan fingerprint density at radius 3 is 2.92 bits per heavy atom. The summed E-state index contributed by atoms with van der Waals surface area (Å²) in [4.78, 5) is 11.0. The third kappa shape index (κ3) is 2.23. The van der Waals surface area contributed by atoms with Crippen molar-refractivity contribution in [3.8, 4) is 0 Å². The number of hydrogen-bond donors (Lipinski definition) is 1. The van der Waals surface area contributed by atoms with Gasteiger partial charge in [0.05, 0.1) is 5.69 Å². The molecule has 0 aliphatic carbocycles. The van der Waals surface area contributed by atoms with Crippen LogP contribution in [0.15, 0.2) is 10.6 Å². The van der Waals surface area contributed by atoms with Gasteiger partial charge in [-0.2, -0.15) is 0 Å². The van der Waals surface area contributed by atoms with Gasteiger partial charge in [-0.05, 0) is 13.8 Å². The minimum atomic E-state index is -0.574. The summed E-state index contributed by atoms with van der Waals surface area (Å²) in [6.45, 7) is 3.35. The molecule has 5 heteroatoms. The smallest absolute Gasteiger partial charge is 0.244 e. The Morgan fingerprint density at radius 2 is 2.50 bits per heavy atom. The van der Waals surface area contributed by atoms with E-state index in [4.69, 9.17) is 16.1 Å². The Labute approximate surface area is 74.9 Å². The molecule has 1 heterocycles. The summed E-state index contributed by atoms with van der Waals surface area (Å²) >= 11 is 5.51. The van der Waals surface area contributed by atoms with E-state index in [-0.39, 0.29) is 5.91 Å². The fraction of sp³-hybridized carbons (Fsp3) is 0.429. The summed E-state index contributed by atoms with van der Waals surface area (Å²) in [5.74, 6) is 0.0258. The number of aryl methyl sites for hydroxylation is 1. The molecule has 0 saturated heterocycles. The van der Waals surface area contributed by atoms with Crippen LogP contribution in [0.1, 0.15) is 12.6 Å². The Morgan fingerprint density at radius 1 is 1.83 bits per heavy atom. The van der Waals surface area contributed by atoms with Gasteiger partial charge >= 0.3 is 0 Å². The quantitative estimate of drug-likeness (QED) is 0.717. The van der Waals surface area contributed by atoms with E-state index in [9.17, 15) is 4.79 Å². The molecule has 0 spiro atoms. The first kappa shape index (κ1) is 9.06. The molecule has 1 aromatic rings. The fourth-order valence-electron chi connectivity index (χ4n) is 0.643. The largest absolute Gasteiger partial charge is 0.338 e. The minimum absolute atomic E-state index is 0.298. The van der Waals surface area contributed by atoms with Crippen molar-refractivity contribution in [3.63, 3.8) is 0 Å². The Hall–Kier alpha value is -1.03. The molecule has 1 aromatic heterocycles. The number of nitrogens with zero attached hydrogens (tertiary/aromatic N) is 1. The van der Waals surface area contributed by atoms with Gasteiger partial charge in [0, 0.05) is 6.07 Å². The number of halogens is 1. The van der Waals surface area contributed by atoms with Crippen molar-refractivity contribution in [1.29, 1.82) is 0 Å². The average molecular weight is 189 g/mol. The molecule has 0 aliphatic heterocycles. The maximum atomic E-state index is 11.0. The molecule has 66 valence electrons. The molecule has 12 heavy (non-hydrogen) atoms. The normalized spacial score (nSPS) is 12.6. The summed E-state index contributed by atoms with van der Waals surface area (Å²) in [5, 5.41) is 5.48. The highest BCUT2D eigenvalue weighted by Crippen LogP contribution is 2.09. The molecule has 0 bridgehead atoms. The molecule has 0 aromatic carbocycles. The number of aromatic nitrogens is 1. The van der Waals surface area contributed by atoms with E-state index in [1.165, 1.54) is 0 Å². The molecule has 0 aliphatic rings. The molecule has 0 saturated carbocycles. The second-order valence-electron chi connectivity index (χ2n) is 2.44. The second kappa shape index (κ2) is 3.58. The number of carbonyl (C=O) groups excluding carboxylic acids is 1. The molecule has 1 amide bonds. The summed E-state index contributed by atoms with van der Waals surface area (Å²) in [7, 11) is 0. The van der Waals surface area contributed by atoms with Crippen LogP contribution < -0.4 is 5.32 Å². The van der Waals surface area contributed by atoms with Gasteiger partial charge in [0.25, 0.3) is 0 Å². The lowest BCUT2D eigenvalue weighted by molar-refractivity contribution is -0.115. The van der Waals surface area contributed by atoms with E-state index in [0.717, 1.165) is 0 Å². The maximum Gasteiger partial charge on any atom is 0.244 e. The van der Waals surface area contributed by atoms with Gasteiger partial charge in [-0.15, -0.1) is 11.6 Å². The molecule has 4 nitrogen and oxygen atoms in total. The predicted octanol–water partition coefficient (Wildman–Crippen LogP) is 1.55. The number of anilines is 1. The van der Waals surface area contributed by atoms with E-state index in [1.807, 2.05) is 0 Å². The molecule has 0 fully saturated rings. The first-order valence-electron chi connectivity index (χ1n) is 3.48. The van der Waals surface area contributed by atoms with E-state index in [0.29, 0.717) is 11.6 Å². The van der Waals surface area contributed by atoms with Crippen LogP contribution in [0.25, 0.3) is 0 Å². The summed E-state index contributed by atoms with van der Waals surface area (Å²) in [6.07, 6.45) is 0. The van der Waals surface area contributed by atoms with Gasteiger partial charge < -0.3 is 4.52 Å². The Bertz CT molecular complexity index is 283. The van der Waals surface area contributed by atoms with Crippen LogP contribution in [0.2, 0.25) is 0 Å². The van der Waals surface area contributed by atoms with Crippen LogP contribution in [-0.4, -0.2) is 16.4 Å². The highest BCUT2D eigenvalue weighted by Gasteiger charge is 2.11. The first-order chi connectivity index (χ1) is 5.59. The summed E-state index contributed by atoms with van der Waals surface area (Å²) in [6, 6.07) is 1.62. The third-order valence-electron chi connectivity index (χ3n) is 1.24. The molecule has 1 N–H and O–H groups in total. The van der Waals surface area contributed by atoms with Gasteiger partial charge in [-0.1, -0.05) is 5.16 Å². The maximum absolute atomic E-state index is 11.0. The van der Waals surface area contributed by atoms with Crippen molar-refractivity contribution in [2.45, 2.75) is 19.2 Å². The van der Waals surface area contributed by atoms with E-state index < -0.39 is 5.38 Å². The zero-order valence-corrected chi connectivity index (χ0v) is 7.55. The van der Waals surface area contributed by atoms with Gasteiger partial charge in [0.2, 0.25) is 11.8 Å². The topological polar surface area (TPSA) is 55.1 Å². The van der Waals surface area contributed by atoms with E-state index >= 15 is 0 Å². The highest BCUT2D eigenvalue weighted by molar-refractivity contribution is 6.32. The zero-order chi connectivity index (χ0) is 9.14. The first-order valence-corrected chi connectivity index (χ1v) is 3.91. The van der Waals surface area contributed by atoms with Gasteiger partial charge in [0.1, 0.15) is 5.38 Å². The van der Waals surface area contributed by atoms with Crippen LogP contribution in [-0.2, 0) is 4.79 Å². The lowest BCUT2D eigenvalue weighted by Crippen LogP contribution is -2.19. The van der Waals surface area contributed by atoms with Crippen LogP contribution in [0.4, 0.5) is 5.88 Å². The van der Waals surface area contributed by atoms with Crippen LogP contribution in [0.5, 0.6) is 0 Å². The van der Waals surface area contributed by atoms with Crippen molar-refractivity contribution >= 4 is 23.4 Å². The monoisotopic (exact) mass is 188 g/mol. The SMILES string of the molecule is Cc1cc(NC(=O)[C@@H](C)Cl)on1. The average Bonchev–Trinajstić information content (AvgIpc) is 2.35. The summed E-state index contributed by atoms with van der Waals surface area (Å²) in [5.41, 5.74) is 0.715. The standard InChI is InChI=1S/C7H9ClN2O2/c1-4-3-6(12-10-4)9-7(11)5(2)8/h3,5H,1-2H3,(H,9,11)/t5-/m1/s1. The number of nitrogens with one attached hydrogen (secondary N) is 1. The van der Waals surface area contributed by atoms with Crippen LogP contribution in [0.3, 0.4) is 0 Å². The van der Waals surface area contributed by atoms with Crippen molar-refractivity contribution < 1.29 is 9.32 Å². The predicted molar refractivity (Wildman–Crippen MR) is 45.2 cm³/mol. The number of amides is 1. The van der Waals surface area contributed by atoms with Gasteiger partial charge in [0.15, 0.2) is 0 Å². The zero-order valence-electron chi connectivity index (χ0n) is 6.80. The van der Waals surface area contributed by atoms with Gasteiger partial charge in [-0.25, -0.2) is 0 Å². The van der Waals surface area contributed by atoms with Crippen molar-refractivity contribution in [2.75, 3.05) is 5.32 Å². The Balaban J connectivity index is 2.58. The summed E-state index contributed by atoms with van der Waals surface area (Å²) < 4.78 is 4.74. The molecule has 0 radical (unpaired) electrons. The minimum Gasteiger partial charge on any atom is -0.338 e. The Kier molecular flexibility index (Phi) is 2.70. The molecule has 1 rings (SSSR count). The van der Waals surface area contributed by atoms with Gasteiger partial charge in [-0.3, -0.25) is 10.1 Å². The van der Waals surface area contributed by atoms with E-state index in [2.05, 4.69) is 10.5 Å². The number of alkyl halides is 1. The lowest BCUT2D eigenvalue weighted by atomic mass is 10.4. The molecule has 0 unspecified atom stereocenters. The number of rotatable bonds is 2. The number of carbonyl (C=O) groups is 1. The van der Waals surface area contributed by atoms with Crippen molar-refractivity contribution in [3.05, 3.63) is 11.8 Å². The van der Waals surface area contributed by atoms with Crippen LogP contribution in [0, 0.1) is 6.92 Å². The molecular weight excluding hydrogens is 180 g/mol. The van der Waals surface area contributed by atoms with Crippen LogP contribution >= 0.6 is 11.6 Å². The lowest BCUT2D eigenvalue weighted by Gasteiger charge is -2.00. The fourth-order valence-corrected chi connectivity index (χ4v) is 0.698. The number of hydrogen-bond acceptors (Lipinski definition) is 3. The molecule has 1 atom stereocenters. The van der Waals surface area contributed by atoms with E-state index in [1.54, 1.807) is 19.9 Å². The third-order valence-corrected chi connectivity index (χ3v) is 1.43. The van der Waals surface area contributed by atoms with Crippen molar-refractivity contribution in [1.82, 2.24) is 5.16 Å².